The van der Waals surface area contributed by atoms with Gasteiger partial charge in [-0.2, -0.15) is 0 Å². The Morgan fingerprint density at radius 2 is 2.06 bits per heavy atom. The van der Waals surface area contributed by atoms with Crippen LogP contribution in [-0.4, -0.2) is 16.1 Å². The number of hydrogen-bond donors (Lipinski definition) is 1. The summed E-state index contributed by atoms with van der Waals surface area (Å²) in [6.07, 6.45) is 1.58. The monoisotopic (exact) mass is 242 g/mol. The second kappa shape index (κ2) is 4.29. The van der Waals surface area contributed by atoms with Gasteiger partial charge in [0.2, 0.25) is 0 Å². The highest BCUT2D eigenvalue weighted by atomic mass is 16.5. The quantitative estimate of drug-likeness (QED) is 0.618. The third kappa shape index (κ3) is 1.70. The van der Waals surface area contributed by atoms with Crippen molar-refractivity contribution in [2.45, 2.75) is 25.7 Å². The van der Waals surface area contributed by atoms with Gasteiger partial charge < -0.3 is 9.73 Å². The van der Waals surface area contributed by atoms with Crippen LogP contribution in [0.25, 0.3) is 0 Å². The van der Waals surface area contributed by atoms with Gasteiger partial charge in [-0.15, -0.1) is 0 Å². The smallest absolute Gasteiger partial charge is 0.137 e. The molecule has 2 aromatic rings. The number of hydrogen-bond acceptors (Lipinski definition) is 4. The van der Waals surface area contributed by atoms with E-state index in [1.807, 2.05) is 25.1 Å². The molecule has 3 rings (SSSR count). The Hall–Kier alpha value is -2.10. The summed E-state index contributed by atoms with van der Waals surface area (Å²) in [4.78, 5) is 0. The van der Waals surface area contributed by atoms with Gasteiger partial charge in [0, 0.05) is 12.0 Å². The molecule has 1 aromatic heterocycles. The molecule has 1 aromatic carbocycles. The van der Waals surface area contributed by atoms with E-state index in [4.69, 9.17) is 9.73 Å². The summed E-state index contributed by atoms with van der Waals surface area (Å²) in [5.41, 5.74) is 3.64. The molecule has 0 saturated heterocycles. The van der Waals surface area contributed by atoms with Gasteiger partial charge in [-0.3, -0.25) is 0 Å². The molecule has 0 fully saturated rings. The summed E-state index contributed by atoms with van der Waals surface area (Å²) >= 11 is 0. The van der Waals surface area contributed by atoms with Crippen LogP contribution in [0, 0.1) is 6.92 Å². The number of benzene rings is 1. The van der Waals surface area contributed by atoms with Crippen molar-refractivity contribution in [2.24, 2.45) is 5.16 Å². The molecule has 0 aliphatic heterocycles. The maximum Gasteiger partial charge on any atom is 0.137 e. The highest BCUT2D eigenvalue weighted by Crippen LogP contribution is 2.34. The molecule has 4 heteroatoms. The highest BCUT2D eigenvalue weighted by molar-refractivity contribution is 6.01. The van der Waals surface area contributed by atoms with Crippen molar-refractivity contribution in [1.29, 1.82) is 0 Å². The lowest BCUT2D eigenvalue weighted by Gasteiger charge is -2.22. The van der Waals surface area contributed by atoms with Crippen LogP contribution in [0.15, 0.2) is 40.0 Å². The minimum Gasteiger partial charge on any atom is -0.411 e. The van der Waals surface area contributed by atoms with Gasteiger partial charge in [-0.25, -0.2) is 0 Å². The van der Waals surface area contributed by atoms with Crippen LogP contribution in [-0.2, 0) is 6.42 Å². The average molecular weight is 242 g/mol. The molecule has 0 spiro atoms. The molecule has 1 atom stereocenters. The summed E-state index contributed by atoms with van der Waals surface area (Å²) in [7, 11) is 0. The van der Waals surface area contributed by atoms with E-state index in [1.165, 1.54) is 5.56 Å². The largest absolute Gasteiger partial charge is 0.411 e. The molecule has 1 aliphatic carbocycles. The number of aromatic nitrogens is 1. The Morgan fingerprint density at radius 3 is 2.78 bits per heavy atom. The summed E-state index contributed by atoms with van der Waals surface area (Å²) in [5, 5.41) is 16.5. The lowest BCUT2D eigenvalue weighted by molar-refractivity contribution is 0.316. The first-order valence-electron chi connectivity index (χ1n) is 6.01. The van der Waals surface area contributed by atoms with Crippen LogP contribution >= 0.6 is 0 Å². The van der Waals surface area contributed by atoms with E-state index >= 15 is 0 Å². The maximum atomic E-state index is 9.12. The van der Waals surface area contributed by atoms with Crippen LogP contribution < -0.4 is 0 Å². The standard InChI is InChI=1S/C14H14N2O2/c1-9-12-7-11(10-5-3-2-4-6-10)8-13(15-17)14(12)16-18-9/h2-6,11,17H,7-8H2,1H3. The molecule has 1 heterocycles. The van der Waals surface area contributed by atoms with E-state index in [-0.39, 0.29) is 0 Å². The van der Waals surface area contributed by atoms with Crippen molar-refractivity contribution < 1.29 is 9.73 Å². The van der Waals surface area contributed by atoms with E-state index in [2.05, 4.69) is 22.4 Å². The fourth-order valence-corrected chi connectivity index (χ4v) is 2.56. The van der Waals surface area contributed by atoms with Crippen molar-refractivity contribution in [3.8, 4) is 0 Å². The maximum absolute atomic E-state index is 9.12. The van der Waals surface area contributed by atoms with Gasteiger partial charge in [0.1, 0.15) is 17.2 Å². The molecule has 1 aliphatic rings. The first-order chi connectivity index (χ1) is 8.79. The zero-order valence-corrected chi connectivity index (χ0v) is 10.1. The second-order valence-electron chi connectivity index (χ2n) is 4.63. The predicted octanol–water partition coefficient (Wildman–Crippen LogP) is 2.89. The molecule has 0 radical (unpaired) electrons. The minimum absolute atomic E-state index is 0.322. The predicted molar refractivity (Wildman–Crippen MR) is 67.1 cm³/mol. The molecule has 0 bridgehead atoms. The van der Waals surface area contributed by atoms with E-state index in [0.717, 1.165) is 17.7 Å². The van der Waals surface area contributed by atoms with Crippen LogP contribution in [0.1, 0.15) is 34.9 Å². The fraction of sp³-hybridized carbons (Fsp3) is 0.286. The van der Waals surface area contributed by atoms with Crippen LogP contribution in [0.3, 0.4) is 0 Å². The van der Waals surface area contributed by atoms with E-state index in [9.17, 15) is 0 Å². The van der Waals surface area contributed by atoms with Gasteiger partial charge >= 0.3 is 0 Å². The number of nitrogens with zero attached hydrogens (tertiary/aromatic N) is 2. The fourth-order valence-electron chi connectivity index (χ4n) is 2.56. The Kier molecular flexibility index (Phi) is 2.63. The van der Waals surface area contributed by atoms with Crippen molar-refractivity contribution in [3.05, 3.63) is 52.9 Å². The molecule has 4 nitrogen and oxygen atoms in total. The van der Waals surface area contributed by atoms with Crippen molar-refractivity contribution in [2.75, 3.05) is 0 Å². The summed E-state index contributed by atoms with van der Waals surface area (Å²) in [6.45, 7) is 1.90. The Bertz CT molecular complexity index is 587. The Balaban J connectivity index is 2.02. The Morgan fingerprint density at radius 1 is 1.28 bits per heavy atom. The summed E-state index contributed by atoms with van der Waals surface area (Å²) in [6, 6.07) is 10.3. The van der Waals surface area contributed by atoms with Crippen LogP contribution in [0.2, 0.25) is 0 Å². The number of fused-ring (bicyclic) bond motifs is 1. The first kappa shape index (κ1) is 11.0. The molecule has 1 N–H and O–H groups in total. The number of aryl methyl sites for hydroxylation is 1. The van der Waals surface area contributed by atoms with Gasteiger partial charge in [-0.05, 0) is 24.8 Å². The van der Waals surface area contributed by atoms with Gasteiger partial charge in [0.05, 0.1) is 0 Å². The summed E-state index contributed by atoms with van der Waals surface area (Å²) in [5.74, 6) is 1.13. The van der Waals surface area contributed by atoms with E-state index in [1.54, 1.807) is 0 Å². The number of rotatable bonds is 1. The lowest BCUT2D eigenvalue weighted by Crippen LogP contribution is -2.19. The van der Waals surface area contributed by atoms with Crippen LogP contribution in [0.5, 0.6) is 0 Å². The average Bonchev–Trinajstić information content (AvgIpc) is 2.81. The highest BCUT2D eigenvalue weighted by Gasteiger charge is 2.30. The normalized spacial score (nSPS) is 20.9. The third-order valence-electron chi connectivity index (χ3n) is 3.54. The molecule has 1 unspecified atom stereocenters. The Labute approximate surface area is 105 Å². The minimum atomic E-state index is 0.322. The second-order valence-corrected chi connectivity index (χ2v) is 4.63. The lowest BCUT2D eigenvalue weighted by atomic mass is 9.81. The van der Waals surface area contributed by atoms with Crippen molar-refractivity contribution in [3.63, 3.8) is 0 Å². The molecular formula is C14H14N2O2. The van der Waals surface area contributed by atoms with E-state index < -0.39 is 0 Å². The SMILES string of the molecule is Cc1onc2c1CC(c1ccccc1)CC2=NO. The molecule has 0 saturated carbocycles. The van der Waals surface area contributed by atoms with Crippen molar-refractivity contribution >= 4 is 5.71 Å². The van der Waals surface area contributed by atoms with Gasteiger partial charge in [0.25, 0.3) is 0 Å². The molecule has 0 amide bonds. The molecule has 92 valence electrons. The zero-order chi connectivity index (χ0) is 12.5. The third-order valence-corrected chi connectivity index (χ3v) is 3.54. The number of oxime groups is 1. The molecule has 18 heavy (non-hydrogen) atoms. The van der Waals surface area contributed by atoms with Crippen LogP contribution in [0.4, 0.5) is 0 Å². The zero-order valence-electron chi connectivity index (χ0n) is 10.1. The molecular weight excluding hydrogens is 228 g/mol. The van der Waals surface area contributed by atoms with Gasteiger partial charge in [0.15, 0.2) is 0 Å². The van der Waals surface area contributed by atoms with Crippen molar-refractivity contribution in [1.82, 2.24) is 5.16 Å². The topological polar surface area (TPSA) is 58.6 Å². The first-order valence-corrected chi connectivity index (χ1v) is 6.01. The van der Waals surface area contributed by atoms with E-state index in [0.29, 0.717) is 23.7 Å². The van der Waals surface area contributed by atoms with Gasteiger partial charge in [-0.1, -0.05) is 40.6 Å². The summed E-state index contributed by atoms with van der Waals surface area (Å²) < 4.78 is 5.19.